The van der Waals surface area contributed by atoms with E-state index in [1.54, 1.807) is 10.7 Å². The van der Waals surface area contributed by atoms with Gasteiger partial charge in [0.2, 0.25) is 5.82 Å². The van der Waals surface area contributed by atoms with Gasteiger partial charge in [-0.05, 0) is 53.8 Å². The van der Waals surface area contributed by atoms with Crippen LogP contribution in [0.25, 0.3) is 28.0 Å². The third-order valence-corrected chi connectivity index (χ3v) is 6.17. The number of ether oxygens (including phenoxy) is 1. The summed E-state index contributed by atoms with van der Waals surface area (Å²) in [5.74, 6) is 0.247. The molecular weight excluding hydrogens is 440 g/mol. The number of carbonyl (C=O) groups excluding carboxylic acids is 1. The molecule has 1 unspecified atom stereocenters. The van der Waals surface area contributed by atoms with E-state index in [1.165, 1.54) is 5.56 Å². The largest absolute Gasteiger partial charge is 0.459 e. The zero-order valence-corrected chi connectivity index (χ0v) is 19.9. The summed E-state index contributed by atoms with van der Waals surface area (Å²) in [6.45, 7) is 5.88. The van der Waals surface area contributed by atoms with Gasteiger partial charge in [-0.1, -0.05) is 55.5 Å². The SMILES string of the molecule is CCC(C)OC(=O)c1cc(C)c2c(Cc3ccc(-c4ccccc4-c4nn[nH]n4)cc3)cnn2c1. The molecule has 0 amide bonds. The number of aromatic nitrogens is 6. The molecule has 176 valence electrons. The topological polar surface area (TPSA) is 98.1 Å². The molecule has 0 radical (unpaired) electrons. The number of nitrogens with one attached hydrogen (secondary N) is 1. The molecule has 8 heteroatoms. The molecule has 35 heavy (non-hydrogen) atoms. The molecule has 2 aromatic carbocycles. The molecule has 0 aliphatic heterocycles. The predicted molar refractivity (Wildman–Crippen MR) is 133 cm³/mol. The van der Waals surface area contributed by atoms with Gasteiger partial charge in [0.05, 0.1) is 23.4 Å². The van der Waals surface area contributed by atoms with Crippen LogP contribution in [0.5, 0.6) is 0 Å². The third kappa shape index (κ3) is 4.55. The number of fused-ring (bicyclic) bond motifs is 1. The number of aryl methyl sites for hydroxylation is 1. The average molecular weight is 467 g/mol. The average Bonchev–Trinajstić information content (AvgIpc) is 3.55. The van der Waals surface area contributed by atoms with Gasteiger partial charge < -0.3 is 4.74 Å². The summed E-state index contributed by atoms with van der Waals surface area (Å²) in [5.41, 5.74) is 7.83. The van der Waals surface area contributed by atoms with Gasteiger partial charge in [0.25, 0.3) is 0 Å². The van der Waals surface area contributed by atoms with Crippen LogP contribution in [0.4, 0.5) is 0 Å². The van der Waals surface area contributed by atoms with Crippen LogP contribution in [-0.2, 0) is 11.2 Å². The van der Waals surface area contributed by atoms with Crippen LogP contribution >= 0.6 is 0 Å². The van der Waals surface area contributed by atoms with Crippen molar-refractivity contribution in [2.75, 3.05) is 0 Å². The predicted octanol–water partition coefficient (Wildman–Crippen LogP) is 5.04. The Hall–Kier alpha value is -4.33. The van der Waals surface area contributed by atoms with Gasteiger partial charge in [-0.15, -0.1) is 10.2 Å². The number of rotatable bonds is 7. The Balaban J connectivity index is 1.39. The maximum absolute atomic E-state index is 12.5. The second-order valence-electron chi connectivity index (χ2n) is 8.65. The van der Waals surface area contributed by atoms with Crippen molar-refractivity contribution in [3.63, 3.8) is 0 Å². The van der Waals surface area contributed by atoms with Crippen molar-refractivity contribution < 1.29 is 9.53 Å². The lowest BCUT2D eigenvalue weighted by Crippen LogP contribution is -2.15. The molecule has 0 saturated carbocycles. The third-order valence-electron chi connectivity index (χ3n) is 6.17. The Morgan fingerprint density at radius 1 is 1.11 bits per heavy atom. The monoisotopic (exact) mass is 466 g/mol. The van der Waals surface area contributed by atoms with E-state index in [1.807, 2.05) is 51.2 Å². The highest BCUT2D eigenvalue weighted by Crippen LogP contribution is 2.30. The zero-order chi connectivity index (χ0) is 24.4. The summed E-state index contributed by atoms with van der Waals surface area (Å²) < 4.78 is 7.25. The highest BCUT2D eigenvalue weighted by atomic mass is 16.5. The van der Waals surface area contributed by atoms with Crippen LogP contribution in [0.2, 0.25) is 0 Å². The minimum Gasteiger partial charge on any atom is -0.459 e. The minimum atomic E-state index is -0.321. The molecule has 5 rings (SSSR count). The van der Waals surface area contributed by atoms with Crippen molar-refractivity contribution >= 4 is 11.5 Å². The highest BCUT2D eigenvalue weighted by Gasteiger charge is 2.16. The minimum absolute atomic E-state index is 0.117. The number of tetrazole rings is 1. The first-order valence-electron chi connectivity index (χ1n) is 11.6. The molecule has 5 aromatic rings. The molecule has 0 fully saturated rings. The van der Waals surface area contributed by atoms with Gasteiger partial charge in [-0.25, -0.2) is 9.31 Å². The van der Waals surface area contributed by atoms with Crippen molar-refractivity contribution in [3.8, 4) is 22.5 Å². The normalized spacial score (nSPS) is 12.1. The first kappa shape index (κ1) is 22.5. The van der Waals surface area contributed by atoms with Crippen molar-refractivity contribution in [2.24, 2.45) is 0 Å². The molecule has 3 heterocycles. The molecule has 3 aromatic heterocycles. The van der Waals surface area contributed by atoms with E-state index in [2.05, 4.69) is 56.1 Å². The van der Waals surface area contributed by atoms with Crippen molar-refractivity contribution in [1.29, 1.82) is 0 Å². The first-order chi connectivity index (χ1) is 17.0. The van der Waals surface area contributed by atoms with Crippen LogP contribution in [0.1, 0.15) is 47.3 Å². The number of H-pyrrole nitrogens is 1. The van der Waals surface area contributed by atoms with E-state index in [4.69, 9.17) is 4.74 Å². The van der Waals surface area contributed by atoms with E-state index < -0.39 is 0 Å². The molecule has 8 nitrogen and oxygen atoms in total. The maximum Gasteiger partial charge on any atom is 0.339 e. The summed E-state index contributed by atoms with van der Waals surface area (Å²) >= 11 is 0. The van der Waals surface area contributed by atoms with Crippen molar-refractivity contribution in [3.05, 3.63) is 89.2 Å². The van der Waals surface area contributed by atoms with Gasteiger partial charge >= 0.3 is 5.97 Å². The number of pyridine rings is 1. The molecule has 0 spiro atoms. The van der Waals surface area contributed by atoms with E-state index in [0.29, 0.717) is 11.4 Å². The lowest BCUT2D eigenvalue weighted by molar-refractivity contribution is 0.0333. The zero-order valence-electron chi connectivity index (χ0n) is 19.9. The van der Waals surface area contributed by atoms with Gasteiger partial charge in [0, 0.05) is 23.7 Å². The van der Waals surface area contributed by atoms with E-state index in [0.717, 1.165) is 46.2 Å². The fraction of sp³-hybridized carbons (Fsp3) is 0.222. The summed E-state index contributed by atoms with van der Waals surface area (Å²) in [6.07, 6.45) is 5.00. The van der Waals surface area contributed by atoms with Crippen LogP contribution in [0.3, 0.4) is 0 Å². The molecule has 0 aliphatic carbocycles. The van der Waals surface area contributed by atoms with Crippen molar-refractivity contribution in [2.45, 2.75) is 39.7 Å². The van der Waals surface area contributed by atoms with Gasteiger partial charge in [0.1, 0.15) is 0 Å². The van der Waals surface area contributed by atoms with Crippen LogP contribution in [0.15, 0.2) is 67.0 Å². The van der Waals surface area contributed by atoms with Gasteiger partial charge in [-0.3, -0.25) is 0 Å². The lowest BCUT2D eigenvalue weighted by Gasteiger charge is -2.12. The molecule has 1 atom stereocenters. The fourth-order valence-electron chi connectivity index (χ4n) is 4.20. The van der Waals surface area contributed by atoms with E-state index in [-0.39, 0.29) is 12.1 Å². The summed E-state index contributed by atoms with van der Waals surface area (Å²) in [5, 5.41) is 19.0. The number of hydrogen-bond donors (Lipinski definition) is 1. The number of benzene rings is 2. The van der Waals surface area contributed by atoms with Gasteiger partial charge in [0.15, 0.2) is 0 Å². The highest BCUT2D eigenvalue weighted by molar-refractivity contribution is 5.90. The summed E-state index contributed by atoms with van der Waals surface area (Å²) in [6, 6.07) is 18.4. The van der Waals surface area contributed by atoms with E-state index >= 15 is 0 Å². The smallest absolute Gasteiger partial charge is 0.339 e. The Morgan fingerprint density at radius 3 is 2.60 bits per heavy atom. The number of esters is 1. The van der Waals surface area contributed by atoms with Gasteiger partial charge in [-0.2, -0.15) is 10.3 Å². The Kier molecular flexibility index (Phi) is 6.10. The van der Waals surface area contributed by atoms with Crippen molar-refractivity contribution in [1.82, 2.24) is 30.2 Å². The second-order valence-corrected chi connectivity index (χ2v) is 8.65. The number of nitrogens with zero attached hydrogens (tertiary/aromatic N) is 5. The quantitative estimate of drug-likeness (QED) is 0.338. The Morgan fingerprint density at radius 2 is 1.89 bits per heavy atom. The van der Waals surface area contributed by atoms with E-state index in [9.17, 15) is 4.79 Å². The molecule has 0 aliphatic rings. The molecule has 1 N–H and O–H groups in total. The molecular formula is C27H26N6O2. The summed E-state index contributed by atoms with van der Waals surface area (Å²) in [4.78, 5) is 12.5. The molecule has 0 bridgehead atoms. The molecule has 0 saturated heterocycles. The number of hydrogen-bond acceptors (Lipinski definition) is 6. The first-order valence-corrected chi connectivity index (χ1v) is 11.6. The fourth-order valence-corrected chi connectivity index (χ4v) is 4.20. The summed E-state index contributed by atoms with van der Waals surface area (Å²) in [7, 11) is 0. The number of aromatic amines is 1. The van der Waals surface area contributed by atoms with Crippen LogP contribution < -0.4 is 0 Å². The number of carbonyl (C=O) groups is 1. The standard InChI is InChI=1S/C27H26N6O2/c1-4-18(3)35-27(34)22-13-17(2)25-21(15-28-33(25)16-22)14-19-9-11-20(12-10-19)23-7-5-6-8-24(23)26-29-31-32-30-26/h5-13,15-16,18H,4,14H2,1-3H3,(H,29,30,31,32). The Labute approximate surface area is 203 Å². The van der Waals surface area contributed by atoms with Crippen LogP contribution in [0, 0.1) is 6.92 Å². The van der Waals surface area contributed by atoms with Crippen LogP contribution in [-0.4, -0.2) is 42.3 Å². The Bertz CT molecular complexity index is 1470. The second kappa shape index (κ2) is 9.50. The maximum atomic E-state index is 12.5. The lowest BCUT2D eigenvalue weighted by atomic mass is 9.97.